The molecule has 12 heteroatoms. The molecule has 1 atom stereocenters. The SMILES string of the molecule is COc1nc([N+](=O)[O-])cn1C[C@@H](CO)OCc1ccc(OC(F)(F)F)cc1. The van der Waals surface area contributed by atoms with Gasteiger partial charge in [0.2, 0.25) is 0 Å². The van der Waals surface area contributed by atoms with Gasteiger partial charge in [-0.05, 0) is 22.6 Å². The van der Waals surface area contributed by atoms with Crippen LogP contribution in [0.15, 0.2) is 30.5 Å². The summed E-state index contributed by atoms with van der Waals surface area (Å²) in [6, 6.07) is 5.04. The number of imidazole rings is 1. The Morgan fingerprint density at radius 2 is 2.00 bits per heavy atom. The summed E-state index contributed by atoms with van der Waals surface area (Å²) < 4.78 is 51.9. The van der Waals surface area contributed by atoms with Gasteiger partial charge in [-0.3, -0.25) is 4.57 Å². The first-order valence-corrected chi connectivity index (χ1v) is 7.54. The summed E-state index contributed by atoms with van der Waals surface area (Å²) in [4.78, 5) is 13.8. The minimum atomic E-state index is -4.77. The van der Waals surface area contributed by atoms with Crippen molar-refractivity contribution in [3.05, 3.63) is 46.1 Å². The fourth-order valence-corrected chi connectivity index (χ4v) is 2.15. The summed E-state index contributed by atoms with van der Waals surface area (Å²) >= 11 is 0. The first-order chi connectivity index (χ1) is 12.7. The Balaban J connectivity index is 1.96. The minimum Gasteiger partial charge on any atom is -0.449 e. The molecule has 0 saturated heterocycles. The molecule has 0 amide bonds. The lowest BCUT2D eigenvalue weighted by Crippen LogP contribution is -2.24. The monoisotopic (exact) mass is 391 g/mol. The average Bonchev–Trinajstić information content (AvgIpc) is 3.01. The van der Waals surface area contributed by atoms with Gasteiger partial charge in [0.15, 0.2) is 0 Å². The molecule has 2 aromatic rings. The zero-order chi connectivity index (χ0) is 20.0. The zero-order valence-corrected chi connectivity index (χ0v) is 14.0. The lowest BCUT2D eigenvalue weighted by molar-refractivity contribution is -0.389. The second kappa shape index (κ2) is 8.68. The molecule has 0 radical (unpaired) electrons. The Hall–Kier alpha value is -2.86. The topological polar surface area (TPSA) is 109 Å². The number of hydrogen-bond acceptors (Lipinski definition) is 7. The fourth-order valence-electron chi connectivity index (χ4n) is 2.15. The van der Waals surface area contributed by atoms with Gasteiger partial charge in [-0.15, -0.1) is 13.2 Å². The van der Waals surface area contributed by atoms with Crippen LogP contribution in [0.5, 0.6) is 11.8 Å². The smallest absolute Gasteiger partial charge is 0.449 e. The van der Waals surface area contributed by atoms with Gasteiger partial charge in [0.25, 0.3) is 0 Å². The van der Waals surface area contributed by atoms with Gasteiger partial charge < -0.3 is 29.4 Å². The van der Waals surface area contributed by atoms with E-state index in [0.29, 0.717) is 5.56 Å². The summed E-state index contributed by atoms with van der Waals surface area (Å²) in [6.45, 7) is -0.378. The number of rotatable bonds is 9. The van der Waals surface area contributed by atoms with Crippen molar-refractivity contribution in [2.45, 2.75) is 25.6 Å². The predicted octanol–water partition coefficient (Wildman–Crippen LogP) is 2.28. The number of halogens is 3. The van der Waals surface area contributed by atoms with E-state index in [1.807, 2.05) is 0 Å². The maximum Gasteiger partial charge on any atom is 0.573 e. The molecule has 9 nitrogen and oxygen atoms in total. The van der Waals surface area contributed by atoms with Crippen molar-refractivity contribution in [2.24, 2.45) is 0 Å². The first-order valence-electron chi connectivity index (χ1n) is 7.54. The second-order valence-electron chi connectivity index (χ2n) is 5.30. The first kappa shape index (κ1) is 20.5. The van der Waals surface area contributed by atoms with Crippen molar-refractivity contribution in [1.82, 2.24) is 9.55 Å². The molecular formula is C15H16F3N3O6. The number of aliphatic hydroxyl groups excluding tert-OH is 1. The van der Waals surface area contributed by atoms with Gasteiger partial charge in [-0.2, -0.15) is 0 Å². The molecule has 27 heavy (non-hydrogen) atoms. The van der Waals surface area contributed by atoms with Crippen LogP contribution in [-0.2, 0) is 17.9 Å². The predicted molar refractivity (Wildman–Crippen MR) is 84.2 cm³/mol. The lowest BCUT2D eigenvalue weighted by atomic mass is 10.2. The number of aliphatic hydroxyl groups is 1. The van der Waals surface area contributed by atoms with Gasteiger partial charge in [-0.25, -0.2) is 0 Å². The standard InChI is InChI=1S/C15H16F3N3O6/c1-25-14-19-13(21(23)24)7-20(14)6-12(8-22)26-9-10-2-4-11(5-3-10)27-15(16,17)18/h2-5,7,12,22H,6,8-9H2,1H3/t12-/m0/s1. The van der Waals surface area contributed by atoms with Crippen LogP contribution in [0.3, 0.4) is 0 Å². The lowest BCUT2D eigenvalue weighted by Gasteiger charge is -2.16. The van der Waals surface area contributed by atoms with Crippen LogP contribution in [0.25, 0.3) is 0 Å². The number of nitro groups is 1. The molecule has 1 aromatic heterocycles. The van der Waals surface area contributed by atoms with Crippen LogP contribution in [-0.4, -0.2) is 45.8 Å². The normalized spacial score (nSPS) is 12.6. The van der Waals surface area contributed by atoms with Crippen LogP contribution in [0.2, 0.25) is 0 Å². The van der Waals surface area contributed by atoms with E-state index in [4.69, 9.17) is 9.47 Å². The number of methoxy groups -OCH3 is 1. The highest BCUT2D eigenvalue weighted by Gasteiger charge is 2.31. The fraction of sp³-hybridized carbons (Fsp3) is 0.400. The molecule has 0 spiro atoms. The van der Waals surface area contributed by atoms with Crippen molar-refractivity contribution in [1.29, 1.82) is 0 Å². The number of aromatic nitrogens is 2. The molecule has 2 rings (SSSR count). The molecule has 0 unspecified atom stereocenters. The number of hydrogen-bond donors (Lipinski definition) is 1. The van der Waals surface area contributed by atoms with Gasteiger partial charge in [-0.1, -0.05) is 12.1 Å². The van der Waals surface area contributed by atoms with Crippen LogP contribution in [0.1, 0.15) is 5.56 Å². The van der Waals surface area contributed by atoms with Crippen LogP contribution >= 0.6 is 0 Å². The van der Waals surface area contributed by atoms with E-state index in [-0.39, 0.29) is 24.9 Å². The van der Waals surface area contributed by atoms with Crippen LogP contribution in [0, 0.1) is 10.1 Å². The van der Waals surface area contributed by atoms with Crippen molar-refractivity contribution < 1.29 is 37.4 Å². The highest BCUT2D eigenvalue weighted by atomic mass is 19.4. The van der Waals surface area contributed by atoms with Gasteiger partial charge in [0.1, 0.15) is 11.9 Å². The highest BCUT2D eigenvalue weighted by Crippen LogP contribution is 2.23. The van der Waals surface area contributed by atoms with E-state index < -0.39 is 29.8 Å². The third-order valence-electron chi connectivity index (χ3n) is 3.34. The van der Waals surface area contributed by atoms with Crippen LogP contribution in [0.4, 0.5) is 19.0 Å². The average molecular weight is 391 g/mol. The molecule has 0 aliphatic carbocycles. The van der Waals surface area contributed by atoms with E-state index in [2.05, 4.69) is 9.72 Å². The Morgan fingerprint density at radius 3 is 2.52 bits per heavy atom. The van der Waals surface area contributed by atoms with Crippen molar-refractivity contribution in [3.8, 4) is 11.8 Å². The largest absolute Gasteiger partial charge is 0.573 e. The van der Waals surface area contributed by atoms with E-state index in [9.17, 15) is 28.4 Å². The zero-order valence-electron chi connectivity index (χ0n) is 14.0. The van der Waals surface area contributed by atoms with Crippen molar-refractivity contribution in [2.75, 3.05) is 13.7 Å². The number of alkyl halides is 3. The Bertz CT molecular complexity index is 763. The molecule has 1 aromatic carbocycles. The van der Waals surface area contributed by atoms with Crippen molar-refractivity contribution in [3.63, 3.8) is 0 Å². The third-order valence-corrected chi connectivity index (χ3v) is 3.34. The molecule has 0 bridgehead atoms. The van der Waals surface area contributed by atoms with E-state index in [1.165, 1.54) is 23.8 Å². The number of nitrogens with zero attached hydrogens (tertiary/aromatic N) is 3. The van der Waals surface area contributed by atoms with E-state index >= 15 is 0 Å². The molecule has 1 N–H and O–H groups in total. The van der Waals surface area contributed by atoms with E-state index in [0.717, 1.165) is 18.3 Å². The van der Waals surface area contributed by atoms with Gasteiger partial charge in [0.05, 0.1) is 33.0 Å². The van der Waals surface area contributed by atoms with E-state index in [1.54, 1.807) is 0 Å². The maximum absolute atomic E-state index is 12.1. The van der Waals surface area contributed by atoms with Crippen molar-refractivity contribution >= 4 is 5.82 Å². The number of benzene rings is 1. The summed E-state index contributed by atoms with van der Waals surface area (Å²) in [5.74, 6) is -0.774. The molecule has 0 saturated carbocycles. The van der Waals surface area contributed by atoms with Crippen LogP contribution < -0.4 is 9.47 Å². The minimum absolute atomic E-state index is 0.00334. The van der Waals surface area contributed by atoms with Gasteiger partial charge in [0, 0.05) is 4.98 Å². The quantitative estimate of drug-likeness (QED) is 0.516. The Morgan fingerprint density at radius 1 is 1.33 bits per heavy atom. The Kier molecular flexibility index (Phi) is 6.58. The highest BCUT2D eigenvalue weighted by molar-refractivity contribution is 5.27. The molecule has 0 fully saturated rings. The summed E-state index contributed by atoms with van der Waals surface area (Å²) in [6.07, 6.45) is -4.38. The molecule has 0 aliphatic heterocycles. The molecule has 148 valence electrons. The summed E-state index contributed by atoms with van der Waals surface area (Å²) in [7, 11) is 1.29. The van der Waals surface area contributed by atoms with Gasteiger partial charge >= 0.3 is 18.2 Å². The third kappa shape index (κ3) is 6.11. The Labute approximate surface area is 151 Å². The second-order valence-corrected chi connectivity index (χ2v) is 5.30. The maximum atomic E-state index is 12.1. The number of ether oxygens (including phenoxy) is 3. The summed E-state index contributed by atoms with van der Waals surface area (Å²) in [5, 5.41) is 20.2. The summed E-state index contributed by atoms with van der Waals surface area (Å²) in [5.41, 5.74) is 0.548. The molecule has 0 aliphatic rings. The molecule has 1 heterocycles. The molecular weight excluding hydrogens is 375 g/mol.